The van der Waals surface area contributed by atoms with Crippen LogP contribution in [0.1, 0.15) is 11.1 Å². The first-order valence-electron chi connectivity index (χ1n) is 6.74. The molecule has 0 N–H and O–H groups in total. The van der Waals surface area contributed by atoms with Crippen LogP contribution in [0.3, 0.4) is 0 Å². The Morgan fingerprint density at radius 3 is 2.45 bits per heavy atom. The molecule has 0 aromatic heterocycles. The molecule has 0 unspecified atom stereocenters. The lowest BCUT2D eigenvalue weighted by atomic mass is 10.1. The molecule has 0 aliphatic rings. The monoisotopic (exact) mass is 336 g/mol. The third-order valence-electron chi connectivity index (χ3n) is 3.29. The van der Waals surface area contributed by atoms with Crippen molar-refractivity contribution >= 4 is 29.1 Å². The molecule has 0 atom stereocenters. The lowest BCUT2D eigenvalue weighted by Gasteiger charge is -2.17. The summed E-state index contributed by atoms with van der Waals surface area (Å²) in [5.74, 6) is 0. The summed E-state index contributed by atoms with van der Waals surface area (Å²) in [5.41, 5.74) is 2.03. The first-order valence-corrected chi connectivity index (χ1v) is 8.34. The number of nitrogens with zero attached hydrogens (tertiary/aromatic N) is 2. The Balaban J connectivity index is 2.06. The summed E-state index contributed by atoms with van der Waals surface area (Å²) in [6, 6.07) is 12.9. The molecule has 6 heteroatoms. The molecule has 0 aliphatic carbocycles. The molecule has 0 bridgehead atoms. The van der Waals surface area contributed by atoms with E-state index in [1.54, 1.807) is 17.8 Å². The molecule has 2 aromatic carbocycles. The minimum absolute atomic E-state index is 0.0668. The standard InChI is InChI=1S/C16H17ClN2O2S/c1-18(10-12-3-6-15(22-2)7-4-12)11-13-9-14(19(20)21)5-8-16(13)17/h3-9H,10-11H2,1-2H3. The van der Waals surface area contributed by atoms with Gasteiger partial charge in [-0.25, -0.2) is 0 Å². The molecule has 0 spiro atoms. The summed E-state index contributed by atoms with van der Waals surface area (Å²) in [6.45, 7) is 1.32. The van der Waals surface area contributed by atoms with Crippen LogP contribution in [0.15, 0.2) is 47.4 Å². The molecule has 0 heterocycles. The molecule has 116 valence electrons. The van der Waals surface area contributed by atoms with E-state index in [9.17, 15) is 10.1 Å². The van der Waals surface area contributed by atoms with E-state index in [-0.39, 0.29) is 5.69 Å². The average molecular weight is 337 g/mol. The number of thioether (sulfide) groups is 1. The summed E-state index contributed by atoms with van der Waals surface area (Å²) >= 11 is 7.85. The van der Waals surface area contributed by atoms with E-state index in [0.717, 1.165) is 12.1 Å². The quantitative estimate of drug-likeness (QED) is 0.439. The zero-order valence-electron chi connectivity index (χ0n) is 12.5. The predicted molar refractivity (Wildman–Crippen MR) is 91.5 cm³/mol. The fraction of sp³-hybridized carbons (Fsp3) is 0.250. The van der Waals surface area contributed by atoms with Crippen LogP contribution in [0.2, 0.25) is 5.02 Å². The van der Waals surface area contributed by atoms with Crippen LogP contribution in [0.5, 0.6) is 0 Å². The van der Waals surface area contributed by atoms with E-state index in [2.05, 4.69) is 29.2 Å². The molecule has 4 nitrogen and oxygen atoms in total. The van der Waals surface area contributed by atoms with E-state index < -0.39 is 4.92 Å². The second kappa shape index (κ2) is 7.63. The van der Waals surface area contributed by atoms with E-state index in [0.29, 0.717) is 11.6 Å². The van der Waals surface area contributed by atoms with Crippen LogP contribution in [-0.4, -0.2) is 23.1 Å². The first kappa shape index (κ1) is 16.8. The average Bonchev–Trinajstić information content (AvgIpc) is 2.50. The van der Waals surface area contributed by atoms with E-state index >= 15 is 0 Å². The Morgan fingerprint density at radius 2 is 1.86 bits per heavy atom. The SMILES string of the molecule is CSc1ccc(CN(C)Cc2cc([N+](=O)[O-])ccc2Cl)cc1. The Bertz CT molecular complexity index is 662. The first-order chi connectivity index (χ1) is 10.5. The van der Waals surface area contributed by atoms with Gasteiger partial charge >= 0.3 is 0 Å². The minimum Gasteiger partial charge on any atom is -0.298 e. The van der Waals surface area contributed by atoms with Crippen molar-refractivity contribution in [1.29, 1.82) is 0 Å². The Morgan fingerprint density at radius 1 is 1.18 bits per heavy atom. The zero-order valence-corrected chi connectivity index (χ0v) is 14.0. The van der Waals surface area contributed by atoms with Crippen molar-refractivity contribution in [3.8, 4) is 0 Å². The maximum absolute atomic E-state index is 10.8. The molecule has 2 aromatic rings. The van der Waals surface area contributed by atoms with Crippen molar-refractivity contribution in [3.05, 3.63) is 68.7 Å². The smallest absolute Gasteiger partial charge is 0.269 e. The number of hydrogen-bond acceptors (Lipinski definition) is 4. The highest BCUT2D eigenvalue weighted by Gasteiger charge is 2.11. The molecule has 22 heavy (non-hydrogen) atoms. The van der Waals surface area contributed by atoms with E-state index in [1.807, 2.05) is 13.3 Å². The molecule has 0 amide bonds. The van der Waals surface area contributed by atoms with Gasteiger partial charge < -0.3 is 0 Å². The maximum Gasteiger partial charge on any atom is 0.269 e. The second-order valence-corrected chi connectivity index (χ2v) is 6.34. The van der Waals surface area contributed by atoms with E-state index in [1.165, 1.54) is 22.6 Å². The third-order valence-corrected chi connectivity index (χ3v) is 4.40. The van der Waals surface area contributed by atoms with Crippen LogP contribution in [-0.2, 0) is 13.1 Å². The summed E-state index contributed by atoms with van der Waals surface area (Å²) in [4.78, 5) is 13.8. The molecule has 0 saturated carbocycles. The number of nitro benzene ring substituents is 1. The largest absolute Gasteiger partial charge is 0.298 e. The number of hydrogen-bond donors (Lipinski definition) is 0. The van der Waals surface area contributed by atoms with Crippen LogP contribution >= 0.6 is 23.4 Å². The summed E-state index contributed by atoms with van der Waals surface area (Å²) in [6.07, 6.45) is 2.05. The molecular weight excluding hydrogens is 320 g/mol. The van der Waals surface area contributed by atoms with Gasteiger partial charge in [0.15, 0.2) is 0 Å². The molecular formula is C16H17ClN2O2S. The van der Waals surface area contributed by atoms with Crippen molar-refractivity contribution in [3.63, 3.8) is 0 Å². The minimum atomic E-state index is -0.402. The fourth-order valence-electron chi connectivity index (χ4n) is 2.19. The van der Waals surface area contributed by atoms with Crippen LogP contribution in [0.25, 0.3) is 0 Å². The molecule has 0 radical (unpaired) electrons. The van der Waals surface area contributed by atoms with Crippen LogP contribution < -0.4 is 0 Å². The maximum atomic E-state index is 10.8. The van der Waals surface area contributed by atoms with Gasteiger partial charge in [0.1, 0.15) is 0 Å². The number of non-ortho nitro benzene ring substituents is 1. The molecule has 0 aliphatic heterocycles. The topological polar surface area (TPSA) is 46.4 Å². The summed E-state index contributed by atoms with van der Waals surface area (Å²) in [5, 5.41) is 11.4. The Labute approximate surface area is 139 Å². The van der Waals surface area contributed by atoms with Crippen LogP contribution in [0, 0.1) is 10.1 Å². The highest BCUT2D eigenvalue weighted by molar-refractivity contribution is 7.98. The third kappa shape index (κ3) is 4.47. The van der Waals surface area contributed by atoms with E-state index in [4.69, 9.17) is 11.6 Å². The second-order valence-electron chi connectivity index (χ2n) is 5.05. The lowest BCUT2D eigenvalue weighted by molar-refractivity contribution is -0.384. The Hall–Kier alpha value is -1.56. The summed E-state index contributed by atoms with van der Waals surface area (Å²) in [7, 11) is 1.97. The van der Waals surface area contributed by atoms with Gasteiger partial charge in [-0.05, 0) is 42.6 Å². The normalized spacial score (nSPS) is 10.9. The number of halogens is 1. The predicted octanol–water partition coefficient (Wildman–Crippen LogP) is 4.60. The fourth-order valence-corrected chi connectivity index (χ4v) is 2.77. The van der Waals surface area contributed by atoms with Gasteiger partial charge in [0, 0.05) is 35.1 Å². The van der Waals surface area contributed by atoms with Crippen molar-refractivity contribution in [2.24, 2.45) is 0 Å². The van der Waals surface area contributed by atoms with Crippen molar-refractivity contribution in [1.82, 2.24) is 4.90 Å². The van der Waals surface area contributed by atoms with Gasteiger partial charge in [-0.3, -0.25) is 15.0 Å². The van der Waals surface area contributed by atoms with Gasteiger partial charge in [-0.2, -0.15) is 0 Å². The van der Waals surface area contributed by atoms with Gasteiger partial charge in [0.2, 0.25) is 0 Å². The summed E-state index contributed by atoms with van der Waals surface area (Å²) < 4.78 is 0. The van der Waals surface area contributed by atoms with Crippen molar-refractivity contribution in [2.45, 2.75) is 18.0 Å². The molecule has 2 rings (SSSR count). The number of nitro groups is 1. The number of rotatable bonds is 6. The van der Waals surface area contributed by atoms with Gasteiger partial charge in [-0.1, -0.05) is 23.7 Å². The molecule has 0 saturated heterocycles. The highest BCUT2D eigenvalue weighted by Crippen LogP contribution is 2.24. The lowest BCUT2D eigenvalue weighted by Crippen LogP contribution is -2.17. The number of benzene rings is 2. The van der Waals surface area contributed by atoms with Crippen molar-refractivity contribution in [2.75, 3.05) is 13.3 Å². The van der Waals surface area contributed by atoms with Gasteiger partial charge in [0.25, 0.3) is 5.69 Å². The van der Waals surface area contributed by atoms with Crippen molar-refractivity contribution < 1.29 is 4.92 Å². The van der Waals surface area contributed by atoms with Crippen LogP contribution in [0.4, 0.5) is 5.69 Å². The zero-order chi connectivity index (χ0) is 16.1. The highest BCUT2D eigenvalue weighted by atomic mass is 35.5. The van der Waals surface area contributed by atoms with Gasteiger partial charge in [0.05, 0.1) is 4.92 Å². The Kier molecular flexibility index (Phi) is 5.83. The molecule has 0 fully saturated rings. The van der Waals surface area contributed by atoms with Gasteiger partial charge in [-0.15, -0.1) is 11.8 Å².